The summed E-state index contributed by atoms with van der Waals surface area (Å²) in [6.07, 6.45) is 5.38. The summed E-state index contributed by atoms with van der Waals surface area (Å²) in [6, 6.07) is 21.2. The lowest BCUT2D eigenvalue weighted by Gasteiger charge is -2.26. The van der Waals surface area contributed by atoms with Crippen LogP contribution in [0, 0.1) is 0 Å². The van der Waals surface area contributed by atoms with E-state index < -0.39 is 0 Å². The number of rotatable bonds is 5. The molecule has 1 aliphatic heterocycles. The second-order valence-corrected chi connectivity index (χ2v) is 8.14. The van der Waals surface area contributed by atoms with Gasteiger partial charge in [0.25, 0.3) is 0 Å². The zero-order valence-corrected chi connectivity index (χ0v) is 18.1. The Labute approximate surface area is 190 Å². The largest absolute Gasteiger partial charge is 0.459 e. The second kappa shape index (κ2) is 8.49. The first kappa shape index (κ1) is 19.7. The van der Waals surface area contributed by atoms with Gasteiger partial charge in [-0.3, -0.25) is 9.97 Å². The van der Waals surface area contributed by atoms with Gasteiger partial charge in [-0.25, -0.2) is 0 Å². The van der Waals surface area contributed by atoms with Gasteiger partial charge in [0.05, 0.1) is 11.7 Å². The predicted octanol–water partition coefficient (Wildman–Crippen LogP) is 5.56. The number of furan rings is 1. The molecular formula is C24H19ClN4OS. The van der Waals surface area contributed by atoms with Gasteiger partial charge >= 0.3 is 0 Å². The molecule has 1 aliphatic rings. The SMILES string of the molecule is S=C1NC(c2ccccn2)C(c2ccc(-c3ccc(Cl)cc3)o2)N1Cc1ccncc1. The third-order valence-corrected chi connectivity index (χ3v) is 5.95. The van der Waals surface area contributed by atoms with Crippen LogP contribution in [0.1, 0.15) is 29.1 Å². The molecule has 7 heteroatoms. The summed E-state index contributed by atoms with van der Waals surface area (Å²) in [4.78, 5) is 10.8. The maximum atomic E-state index is 6.34. The van der Waals surface area contributed by atoms with Gasteiger partial charge in [-0.15, -0.1) is 0 Å². The normalized spacial score (nSPS) is 18.2. The zero-order chi connectivity index (χ0) is 21.2. The van der Waals surface area contributed by atoms with Gasteiger partial charge in [0, 0.05) is 35.7 Å². The van der Waals surface area contributed by atoms with Crippen molar-refractivity contribution < 1.29 is 4.42 Å². The number of nitrogens with one attached hydrogen (secondary N) is 1. The standard InChI is InChI=1S/C24H19ClN4OS/c25-18-6-4-17(5-7-18)20-8-9-21(30-20)23-22(19-3-1-2-12-27-19)28-24(31)29(23)15-16-10-13-26-14-11-16/h1-14,22-23H,15H2,(H,28,31). The molecule has 2 unspecified atom stereocenters. The van der Waals surface area contributed by atoms with Gasteiger partial charge in [-0.2, -0.15) is 0 Å². The predicted molar refractivity (Wildman–Crippen MR) is 124 cm³/mol. The van der Waals surface area contributed by atoms with Crippen LogP contribution in [0.3, 0.4) is 0 Å². The third-order valence-electron chi connectivity index (χ3n) is 5.35. The van der Waals surface area contributed by atoms with Crippen LogP contribution in [-0.4, -0.2) is 20.0 Å². The summed E-state index contributed by atoms with van der Waals surface area (Å²) < 4.78 is 6.34. The van der Waals surface area contributed by atoms with Crippen molar-refractivity contribution in [1.29, 1.82) is 0 Å². The van der Waals surface area contributed by atoms with Crippen molar-refractivity contribution >= 4 is 28.9 Å². The second-order valence-electron chi connectivity index (χ2n) is 7.32. The first-order valence-corrected chi connectivity index (χ1v) is 10.7. The van der Waals surface area contributed by atoms with E-state index >= 15 is 0 Å². The molecule has 1 saturated heterocycles. The summed E-state index contributed by atoms with van der Waals surface area (Å²) in [5, 5.41) is 4.81. The van der Waals surface area contributed by atoms with Gasteiger partial charge in [0.2, 0.25) is 0 Å². The molecule has 1 fully saturated rings. The van der Waals surface area contributed by atoms with Gasteiger partial charge in [-0.05, 0) is 78.4 Å². The van der Waals surface area contributed by atoms with Gasteiger partial charge in [0.15, 0.2) is 5.11 Å². The van der Waals surface area contributed by atoms with E-state index in [-0.39, 0.29) is 12.1 Å². The molecule has 1 N–H and O–H groups in total. The van der Waals surface area contributed by atoms with E-state index in [4.69, 9.17) is 28.2 Å². The molecule has 0 aliphatic carbocycles. The molecule has 31 heavy (non-hydrogen) atoms. The van der Waals surface area contributed by atoms with Crippen LogP contribution in [0.5, 0.6) is 0 Å². The Bertz CT molecular complexity index is 1180. The van der Waals surface area contributed by atoms with E-state index in [1.165, 1.54) is 0 Å². The van der Waals surface area contributed by atoms with E-state index in [1.807, 2.05) is 66.7 Å². The van der Waals surface area contributed by atoms with Crippen molar-refractivity contribution in [2.24, 2.45) is 0 Å². The summed E-state index contributed by atoms with van der Waals surface area (Å²) in [5.74, 6) is 1.61. The van der Waals surface area contributed by atoms with Crippen molar-refractivity contribution in [2.75, 3.05) is 0 Å². The number of aromatic nitrogens is 2. The minimum atomic E-state index is -0.142. The average molecular weight is 447 g/mol. The molecule has 0 bridgehead atoms. The molecule has 154 valence electrons. The van der Waals surface area contributed by atoms with Crippen LogP contribution in [0.4, 0.5) is 0 Å². The molecule has 0 amide bonds. The lowest BCUT2D eigenvalue weighted by Crippen LogP contribution is -2.29. The van der Waals surface area contributed by atoms with Crippen LogP contribution in [0.15, 0.2) is 89.7 Å². The Morgan fingerprint density at radius 1 is 0.968 bits per heavy atom. The Morgan fingerprint density at radius 3 is 2.52 bits per heavy atom. The Morgan fingerprint density at radius 2 is 1.77 bits per heavy atom. The fourth-order valence-electron chi connectivity index (χ4n) is 3.85. The van der Waals surface area contributed by atoms with Crippen LogP contribution in [0.25, 0.3) is 11.3 Å². The highest BCUT2D eigenvalue weighted by molar-refractivity contribution is 7.80. The van der Waals surface area contributed by atoms with E-state index in [0.29, 0.717) is 16.7 Å². The number of thiocarbonyl (C=S) groups is 1. The molecular weight excluding hydrogens is 428 g/mol. The topological polar surface area (TPSA) is 54.2 Å². The summed E-state index contributed by atoms with van der Waals surface area (Å²) >= 11 is 11.8. The molecule has 4 aromatic rings. The van der Waals surface area contributed by atoms with E-state index in [9.17, 15) is 0 Å². The molecule has 0 radical (unpaired) electrons. The smallest absolute Gasteiger partial charge is 0.170 e. The Kier molecular flexibility index (Phi) is 5.40. The number of hydrogen-bond donors (Lipinski definition) is 1. The summed E-state index contributed by atoms with van der Waals surface area (Å²) in [6.45, 7) is 0.638. The molecule has 0 saturated carbocycles. The van der Waals surface area contributed by atoms with E-state index in [1.54, 1.807) is 18.6 Å². The van der Waals surface area contributed by atoms with Gasteiger partial charge in [-0.1, -0.05) is 17.7 Å². The number of benzene rings is 1. The third kappa shape index (κ3) is 4.04. The highest BCUT2D eigenvalue weighted by atomic mass is 35.5. The summed E-state index contributed by atoms with van der Waals surface area (Å²) in [7, 11) is 0. The van der Waals surface area contributed by atoms with E-state index in [2.05, 4.69) is 20.2 Å². The first-order chi connectivity index (χ1) is 15.2. The summed E-state index contributed by atoms with van der Waals surface area (Å²) in [5.41, 5.74) is 3.01. The maximum Gasteiger partial charge on any atom is 0.170 e. The lowest BCUT2D eigenvalue weighted by molar-refractivity contribution is 0.269. The van der Waals surface area contributed by atoms with Crippen LogP contribution in [-0.2, 0) is 6.54 Å². The minimum absolute atomic E-state index is 0.125. The highest BCUT2D eigenvalue weighted by Crippen LogP contribution is 2.41. The Hall–Kier alpha value is -3.22. The molecule has 5 rings (SSSR count). The molecule has 0 spiro atoms. The highest BCUT2D eigenvalue weighted by Gasteiger charge is 2.41. The van der Waals surface area contributed by atoms with Crippen molar-refractivity contribution in [3.63, 3.8) is 0 Å². The average Bonchev–Trinajstić information content (AvgIpc) is 3.41. The Balaban J connectivity index is 1.53. The number of pyridine rings is 2. The number of halogens is 1. The van der Waals surface area contributed by atoms with Crippen molar-refractivity contribution in [3.8, 4) is 11.3 Å². The number of hydrogen-bond acceptors (Lipinski definition) is 4. The van der Waals surface area contributed by atoms with Crippen LogP contribution >= 0.6 is 23.8 Å². The van der Waals surface area contributed by atoms with Crippen molar-refractivity contribution in [1.82, 2.24) is 20.2 Å². The van der Waals surface area contributed by atoms with Crippen LogP contribution < -0.4 is 5.32 Å². The zero-order valence-electron chi connectivity index (χ0n) is 16.5. The molecule has 4 heterocycles. The van der Waals surface area contributed by atoms with Gasteiger partial charge < -0.3 is 14.6 Å². The van der Waals surface area contributed by atoms with E-state index in [0.717, 1.165) is 28.3 Å². The monoisotopic (exact) mass is 446 g/mol. The molecule has 3 aromatic heterocycles. The van der Waals surface area contributed by atoms with Crippen molar-refractivity contribution in [2.45, 2.75) is 18.6 Å². The maximum absolute atomic E-state index is 6.34. The molecule has 1 aromatic carbocycles. The minimum Gasteiger partial charge on any atom is -0.459 e. The lowest BCUT2D eigenvalue weighted by atomic mass is 10.0. The van der Waals surface area contributed by atoms with Crippen LogP contribution in [0.2, 0.25) is 5.02 Å². The number of nitrogens with zero attached hydrogens (tertiary/aromatic N) is 3. The molecule has 2 atom stereocenters. The quantitative estimate of drug-likeness (QED) is 0.405. The fourth-order valence-corrected chi connectivity index (χ4v) is 4.28. The first-order valence-electron chi connectivity index (χ1n) is 9.92. The van der Waals surface area contributed by atoms with Gasteiger partial charge in [0.1, 0.15) is 17.6 Å². The fraction of sp³-hybridized carbons (Fsp3) is 0.125. The van der Waals surface area contributed by atoms with Crippen molar-refractivity contribution in [3.05, 3.63) is 107 Å². The molecule has 5 nitrogen and oxygen atoms in total.